The molecule has 0 atom stereocenters. The van der Waals surface area contributed by atoms with Gasteiger partial charge in [-0.25, -0.2) is 0 Å². The van der Waals surface area contributed by atoms with Crippen molar-refractivity contribution in [1.29, 1.82) is 0 Å². The quantitative estimate of drug-likeness (QED) is 0.866. The lowest BCUT2D eigenvalue weighted by Crippen LogP contribution is -2.33. The normalized spacial score (nSPS) is 16.8. The highest BCUT2D eigenvalue weighted by Crippen LogP contribution is 2.34. The van der Waals surface area contributed by atoms with Crippen LogP contribution in [0.2, 0.25) is 0 Å². The summed E-state index contributed by atoms with van der Waals surface area (Å²) in [5.41, 5.74) is 5.06. The Hall–Kier alpha value is -1.76. The van der Waals surface area contributed by atoms with Gasteiger partial charge in [-0.15, -0.1) is 0 Å². The first kappa shape index (κ1) is 14.6. The Balaban J connectivity index is 2.35. The molecule has 1 aromatic rings. The average Bonchev–Trinajstić information content (AvgIpc) is 2.61. The predicted molar refractivity (Wildman–Crippen MR) is 69.2 cm³/mol. The van der Waals surface area contributed by atoms with Crippen LogP contribution in [0.4, 0.5) is 18.9 Å². The number of nitrogens with two attached hydrogens (primary N) is 1. The van der Waals surface area contributed by atoms with Gasteiger partial charge < -0.3 is 16.0 Å². The van der Waals surface area contributed by atoms with Crippen LogP contribution in [-0.2, 0) is 17.5 Å². The van der Waals surface area contributed by atoms with E-state index in [1.165, 1.54) is 6.07 Å². The van der Waals surface area contributed by atoms with Crippen molar-refractivity contribution in [3.8, 4) is 0 Å². The summed E-state index contributed by atoms with van der Waals surface area (Å²) in [5, 5.41) is 2.69. The van der Waals surface area contributed by atoms with Crippen LogP contribution in [0.5, 0.6) is 0 Å². The second kappa shape index (κ2) is 5.70. The van der Waals surface area contributed by atoms with E-state index in [0.29, 0.717) is 25.2 Å². The molecule has 0 spiro atoms. The average molecular weight is 287 g/mol. The van der Waals surface area contributed by atoms with E-state index < -0.39 is 11.7 Å². The number of amides is 1. The van der Waals surface area contributed by atoms with Gasteiger partial charge in [0.15, 0.2) is 0 Å². The van der Waals surface area contributed by atoms with Gasteiger partial charge in [-0.1, -0.05) is 6.07 Å². The molecule has 20 heavy (non-hydrogen) atoms. The highest BCUT2D eigenvalue weighted by molar-refractivity contribution is 5.81. The number of carbonyl (C=O) groups is 1. The van der Waals surface area contributed by atoms with Crippen LogP contribution < -0.4 is 16.0 Å². The van der Waals surface area contributed by atoms with Crippen molar-refractivity contribution >= 4 is 11.6 Å². The summed E-state index contributed by atoms with van der Waals surface area (Å²) < 4.78 is 39.0. The van der Waals surface area contributed by atoms with Crippen molar-refractivity contribution in [1.82, 2.24) is 5.32 Å². The van der Waals surface area contributed by atoms with Gasteiger partial charge in [-0.05, 0) is 24.1 Å². The molecular formula is C13H16F3N3O. The predicted octanol–water partition coefficient (Wildman–Crippen LogP) is 1.49. The first-order valence-electron chi connectivity index (χ1n) is 6.33. The first-order chi connectivity index (χ1) is 9.41. The Morgan fingerprint density at radius 3 is 2.75 bits per heavy atom. The van der Waals surface area contributed by atoms with Crippen LogP contribution in [0.25, 0.3) is 0 Å². The van der Waals surface area contributed by atoms with E-state index in [-0.39, 0.29) is 24.6 Å². The minimum absolute atomic E-state index is 0.0560. The van der Waals surface area contributed by atoms with Gasteiger partial charge in [0.05, 0.1) is 12.1 Å². The van der Waals surface area contributed by atoms with E-state index in [0.717, 1.165) is 6.07 Å². The number of hydrogen-bond acceptors (Lipinski definition) is 3. The smallest absolute Gasteiger partial charge is 0.362 e. The van der Waals surface area contributed by atoms with E-state index in [2.05, 4.69) is 5.32 Å². The SMILES string of the molecule is NCc1ccc(N2CCCNC(=O)C2)cc1C(F)(F)F. The van der Waals surface area contributed by atoms with Crippen molar-refractivity contribution < 1.29 is 18.0 Å². The monoisotopic (exact) mass is 287 g/mol. The number of hydrogen-bond donors (Lipinski definition) is 2. The largest absolute Gasteiger partial charge is 0.416 e. The van der Waals surface area contributed by atoms with E-state index >= 15 is 0 Å². The van der Waals surface area contributed by atoms with E-state index in [1.807, 2.05) is 0 Å². The van der Waals surface area contributed by atoms with Gasteiger partial charge in [-0.2, -0.15) is 13.2 Å². The molecule has 1 saturated heterocycles. The molecule has 1 fully saturated rings. The molecule has 0 saturated carbocycles. The number of benzene rings is 1. The third-order valence-electron chi connectivity index (χ3n) is 3.25. The molecular weight excluding hydrogens is 271 g/mol. The lowest BCUT2D eigenvalue weighted by Gasteiger charge is -2.23. The maximum absolute atomic E-state index is 13.0. The summed E-state index contributed by atoms with van der Waals surface area (Å²) in [5.74, 6) is -0.182. The molecule has 0 aromatic heterocycles. The number of carbonyl (C=O) groups excluding carboxylic acids is 1. The number of alkyl halides is 3. The first-order valence-corrected chi connectivity index (χ1v) is 6.33. The fourth-order valence-electron chi connectivity index (χ4n) is 2.23. The second-order valence-electron chi connectivity index (χ2n) is 4.67. The highest BCUT2D eigenvalue weighted by atomic mass is 19.4. The molecule has 2 rings (SSSR count). The van der Waals surface area contributed by atoms with Gasteiger partial charge in [-0.3, -0.25) is 4.79 Å². The number of anilines is 1. The topological polar surface area (TPSA) is 58.4 Å². The maximum atomic E-state index is 13.0. The zero-order chi connectivity index (χ0) is 14.8. The van der Waals surface area contributed by atoms with Crippen molar-refractivity contribution in [2.45, 2.75) is 19.1 Å². The molecule has 1 aliphatic rings. The molecule has 7 heteroatoms. The Morgan fingerprint density at radius 2 is 2.10 bits per heavy atom. The minimum Gasteiger partial charge on any atom is -0.362 e. The fourth-order valence-corrected chi connectivity index (χ4v) is 2.23. The molecule has 0 aliphatic carbocycles. The summed E-state index contributed by atoms with van der Waals surface area (Å²) in [4.78, 5) is 13.1. The molecule has 1 heterocycles. The molecule has 0 bridgehead atoms. The van der Waals surface area contributed by atoms with Crippen LogP contribution in [-0.4, -0.2) is 25.5 Å². The lowest BCUT2D eigenvalue weighted by atomic mass is 10.1. The zero-order valence-corrected chi connectivity index (χ0v) is 10.8. The number of rotatable bonds is 2. The summed E-state index contributed by atoms with van der Waals surface area (Å²) in [6, 6.07) is 4.03. The molecule has 1 amide bonds. The summed E-state index contributed by atoms with van der Waals surface area (Å²) in [6.07, 6.45) is -3.75. The third kappa shape index (κ3) is 3.22. The second-order valence-corrected chi connectivity index (χ2v) is 4.67. The summed E-state index contributed by atoms with van der Waals surface area (Å²) in [6.45, 7) is 0.981. The van der Waals surface area contributed by atoms with Crippen molar-refractivity contribution in [2.24, 2.45) is 5.73 Å². The third-order valence-corrected chi connectivity index (χ3v) is 3.25. The highest BCUT2D eigenvalue weighted by Gasteiger charge is 2.33. The maximum Gasteiger partial charge on any atom is 0.416 e. The number of nitrogens with zero attached hydrogens (tertiary/aromatic N) is 1. The standard InChI is InChI=1S/C13H16F3N3O/c14-13(15,16)11-6-10(3-2-9(11)7-17)19-5-1-4-18-12(20)8-19/h2-3,6H,1,4-5,7-8,17H2,(H,18,20). The Kier molecular flexibility index (Phi) is 4.17. The van der Waals surface area contributed by atoms with Gasteiger partial charge in [0.25, 0.3) is 0 Å². The van der Waals surface area contributed by atoms with Gasteiger partial charge in [0.1, 0.15) is 0 Å². The van der Waals surface area contributed by atoms with E-state index in [4.69, 9.17) is 5.73 Å². The Bertz CT molecular complexity index is 502. The molecule has 3 N–H and O–H groups in total. The van der Waals surface area contributed by atoms with Crippen LogP contribution in [0.1, 0.15) is 17.5 Å². The lowest BCUT2D eigenvalue weighted by molar-refractivity contribution is -0.138. The van der Waals surface area contributed by atoms with E-state index in [9.17, 15) is 18.0 Å². The van der Waals surface area contributed by atoms with Crippen LogP contribution in [0, 0.1) is 0 Å². The Morgan fingerprint density at radius 1 is 1.35 bits per heavy atom. The fraction of sp³-hybridized carbons (Fsp3) is 0.462. The minimum atomic E-state index is -4.45. The van der Waals surface area contributed by atoms with Crippen LogP contribution in [0.3, 0.4) is 0 Å². The summed E-state index contributed by atoms with van der Waals surface area (Å²) in [7, 11) is 0. The van der Waals surface area contributed by atoms with Crippen molar-refractivity contribution in [3.63, 3.8) is 0 Å². The van der Waals surface area contributed by atoms with Crippen molar-refractivity contribution in [2.75, 3.05) is 24.5 Å². The number of halogens is 3. The molecule has 0 unspecified atom stereocenters. The molecule has 0 radical (unpaired) electrons. The molecule has 4 nitrogen and oxygen atoms in total. The van der Waals surface area contributed by atoms with Gasteiger partial charge in [0, 0.05) is 25.3 Å². The molecule has 1 aromatic carbocycles. The zero-order valence-electron chi connectivity index (χ0n) is 10.8. The van der Waals surface area contributed by atoms with Gasteiger partial charge in [0.2, 0.25) is 5.91 Å². The summed E-state index contributed by atoms with van der Waals surface area (Å²) >= 11 is 0. The number of nitrogens with one attached hydrogen (secondary N) is 1. The van der Waals surface area contributed by atoms with Crippen LogP contribution in [0.15, 0.2) is 18.2 Å². The van der Waals surface area contributed by atoms with E-state index in [1.54, 1.807) is 11.0 Å². The molecule has 110 valence electrons. The van der Waals surface area contributed by atoms with Crippen molar-refractivity contribution in [3.05, 3.63) is 29.3 Å². The molecule has 1 aliphatic heterocycles. The Labute approximate surface area is 114 Å². The van der Waals surface area contributed by atoms with Gasteiger partial charge >= 0.3 is 6.18 Å². The van der Waals surface area contributed by atoms with Crippen LogP contribution >= 0.6 is 0 Å².